The van der Waals surface area contributed by atoms with Crippen LogP contribution in [0.4, 0.5) is 0 Å². The van der Waals surface area contributed by atoms with Crippen LogP contribution in [0.1, 0.15) is 48.0 Å². The molecule has 0 saturated carbocycles. The molecule has 0 spiro atoms. The fraction of sp³-hybridized carbons (Fsp3) is 0.923. The molecule has 4 aliphatic rings. The second-order valence-corrected chi connectivity index (χ2v) is 12.3. The number of hydrogen-bond acceptors (Lipinski definition) is 2. The Kier molecular flexibility index (Phi) is 8.97. The molecule has 0 aromatic rings. The van der Waals surface area contributed by atoms with Gasteiger partial charge in [-0.05, 0) is 74.4 Å². The molecule has 0 N–H and O–H groups in total. The first-order chi connectivity index (χ1) is 14.2. The first-order valence-corrected chi connectivity index (χ1v) is 13.3. The molecule has 0 bridgehead atoms. The van der Waals surface area contributed by atoms with Gasteiger partial charge < -0.3 is 18.7 Å². The summed E-state index contributed by atoms with van der Waals surface area (Å²) in [5.74, 6) is 5.49. The molecule has 10 unspecified atom stereocenters. The average Bonchev–Trinajstić information content (AvgIpc) is 2.76. The zero-order valence-electron chi connectivity index (χ0n) is 21.3. The third kappa shape index (κ3) is 4.93. The summed E-state index contributed by atoms with van der Waals surface area (Å²) in [4.78, 5) is 5.86. The third-order valence-corrected chi connectivity index (χ3v) is 11.2. The number of fused-ring (bicyclic) bond motifs is 4. The number of rotatable bonds is 1. The maximum Gasteiger partial charge on any atom is 2.00 e. The third-order valence-electron chi connectivity index (χ3n) is 11.2. The molecule has 0 amide bonds. The fourth-order valence-electron chi connectivity index (χ4n) is 8.18. The summed E-state index contributed by atoms with van der Waals surface area (Å²) in [6.45, 7) is 29.6. The van der Waals surface area contributed by atoms with Crippen LogP contribution >= 0.6 is 0 Å². The Bertz CT molecular complexity index is 592. The molecule has 4 rings (SSSR count). The first kappa shape index (κ1) is 26.3. The summed E-state index contributed by atoms with van der Waals surface area (Å²) in [6.07, 6.45) is 6.71. The Balaban J connectivity index is 0.00000272. The molecule has 0 aromatic heterocycles. The van der Waals surface area contributed by atoms with Crippen LogP contribution in [-0.4, -0.2) is 61.0 Å². The fourth-order valence-corrected chi connectivity index (χ4v) is 8.18. The van der Waals surface area contributed by atoms with Gasteiger partial charge in [-0.1, -0.05) is 53.6 Å². The molecule has 4 heterocycles. The molecule has 10 atom stereocenters. The van der Waals surface area contributed by atoms with E-state index < -0.39 is 0 Å². The van der Waals surface area contributed by atoms with E-state index in [1.807, 2.05) is 0 Å². The topological polar surface area (TPSA) is 6.48 Å². The van der Waals surface area contributed by atoms with Gasteiger partial charge >= 0.3 is 21.1 Å². The quantitative estimate of drug-likeness (QED) is 0.283. The van der Waals surface area contributed by atoms with Crippen LogP contribution in [0.25, 0.3) is 0 Å². The van der Waals surface area contributed by atoms with Crippen molar-refractivity contribution in [2.75, 3.05) is 19.6 Å². The van der Waals surface area contributed by atoms with Crippen LogP contribution in [0.15, 0.2) is 0 Å². The van der Waals surface area contributed by atoms with E-state index >= 15 is 0 Å². The van der Waals surface area contributed by atoms with Gasteiger partial charge in [-0.15, -0.1) is 0 Å². The van der Waals surface area contributed by atoms with Crippen molar-refractivity contribution < 1.29 is 21.1 Å². The van der Waals surface area contributed by atoms with Crippen LogP contribution in [0.3, 0.4) is 0 Å². The van der Waals surface area contributed by atoms with E-state index in [-0.39, 0.29) is 21.1 Å². The summed E-state index contributed by atoms with van der Waals surface area (Å²) in [5.41, 5.74) is 0. The van der Waals surface area contributed by atoms with Crippen LogP contribution in [0.2, 0.25) is 36.9 Å². The van der Waals surface area contributed by atoms with Crippen molar-refractivity contribution in [1.82, 2.24) is 9.80 Å². The second-order valence-electron chi connectivity index (χ2n) is 12.3. The van der Waals surface area contributed by atoms with Crippen molar-refractivity contribution in [3.63, 3.8) is 0 Å². The van der Waals surface area contributed by atoms with Crippen LogP contribution in [0, 0.1) is 43.4 Å². The van der Waals surface area contributed by atoms with E-state index in [0.29, 0.717) is 11.9 Å². The smallest absolute Gasteiger partial charge is 0.350 e. The molecule has 174 valence electrons. The maximum atomic E-state index is 4.53. The van der Waals surface area contributed by atoms with Gasteiger partial charge in [-0.25, -0.2) is 6.32 Å². The van der Waals surface area contributed by atoms with Gasteiger partial charge in [0.1, 0.15) is 6.71 Å². The summed E-state index contributed by atoms with van der Waals surface area (Å²) < 4.78 is 0. The van der Waals surface area contributed by atoms with Crippen molar-refractivity contribution in [2.24, 2.45) is 29.6 Å². The van der Waals surface area contributed by atoms with E-state index in [4.69, 9.17) is 0 Å². The van der Waals surface area contributed by atoms with Crippen molar-refractivity contribution >= 4 is 13.4 Å². The molecule has 4 saturated heterocycles. The zero-order valence-corrected chi connectivity index (χ0v) is 24.2. The predicted octanol–water partition coefficient (Wildman–Crippen LogP) is 5.74. The van der Waals surface area contributed by atoms with Gasteiger partial charge in [-0.2, -0.15) is 5.82 Å². The van der Waals surface area contributed by atoms with Gasteiger partial charge in [0.2, 0.25) is 0 Å². The Hall–Kier alpha value is 0.738. The molecule has 2 nitrogen and oxygen atoms in total. The van der Waals surface area contributed by atoms with E-state index in [2.05, 4.69) is 65.2 Å². The van der Waals surface area contributed by atoms with Gasteiger partial charge in [-0.3, -0.25) is 4.90 Å². The van der Waals surface area contributed by atoms with Crippen LogP contribution < -0.4 is 0 Å². The van der Waals surface area contributed by atoms with Crippen molar-refractivity contribution in [1.29, 1.82) is 0 Å². The molecule has 31 heavy (non-hydrogen) atoms. The van der Waals surface area contributed by atoms with Crippen LogP contribution in [0.5, 0.6) is 0 Å². The number of nitrogens with zero attached hydrogens (tertiary/aromatic N) is 2. The minimum Gasteiger partial charge on any atom is -0.350 e. The Morgan fingerprint density at radius 2 is 1.58 bits per heavy atom. The molecular formula is C26H48B2N2W. The monoisotopic (exact) mass is 594 g/mol. The normalized spacial score (nSPS) is 47.2. The Labute approximate surface area is 209 Å². The molecular weight excluding hydrogens is 546 g/mol. The van der Waals surface area contributed by atoms with E-state index in [1.54, 1.807) is 0 Å². The minimum atomic E-state index is 0. The van der Waals surface area contributed by atoms with Gasteiger partial charge in [0.05, 0.1) is 6.71 Å². The predicted molar refractivity (Wildman–Crippen MR) is 135 cm³/mol. The average molecular weight is 594 g/mol. The minimum absolute atomic E-state index is 0. The second kappa shape index (κ2) is 10.6. The Morgan fingerprint density at radius 3 is 2.26 bits per heavy atom. The molecule has 0 aliphatic carbocycles. The molecule has 4 aliphatic heterocycles. The van der Waals surface area contributed by atoms with Gasteiger partial charge in [0, 0.05) is 12.1 Å². The SMILES string of the molecule is [CH2-]CB1CC2CB3CCN4C(C)C(C)C(C)C(C)C(C)C(C)CC4C3CN2CC1[CH2-].[W+2]. The molecule has 4 fully saturated rings. The summed E-state index contributed by atoms with van der Waals surface area (Å²) in [7, 11) is 0. The van der Waals surface area contributed by atoms with Gasteiger partial charge in [0.15, 0.2) is 0 Å². The summed E-state index contributed by atoms with van der Waals surface area (Å²) in [6, 6.07) is 2.30. The Morgan fingerprint density at radius 1 is 0.903 bits per heavy atom. The largest absolute Gasteiger partial charge is 2.00 e. The van der Waals surface area contributed by atoms with E-state index in [1.165, 1.54) is 45.0 Å². The summed E-state index contributed by atoms with van der Waals surface area (Å²) >= 11 is 0. The zero-order chi connectivity index (χ0) is 21.7. The summed E-state index contributed by atoms with van der Waals surface area (Å²) in [5, 5.41) is 0. The molecule has 0 aromatic carbocycles. The molecule has 5 heteroatoms. The van der Waals surface area contributed by atoms with Crippen molar-refractivity contribution in [3.05, 3.63) is 13.8 Å². The van der Waals surface area contributed by atoms with Gasteiger partial charge in [0.25, 0.3) is 0 Å². The standard InChI is InChI=1S/C26H48B2N2.W/c1-9-27-13-24-14-28-10-11-30-23(8)22(7)21(6)20(5)19(4)17(2)12-26(30)25(28)16-29(24)15-18(27)3;/h17-26H,1,3,9-16H2,2,4-8H3;/q-2;+2. The van der Waals surface area contributed by atoms with Crippen LogP contribution in [-0.2, 0) is 21.1 Å². The number of hydrogen-bond donors (Lipinski definition) is 0. The van der Waals surface area contributed by atoms with Crippen molar-refractivity contribution in [2.45, 2.75) is 103 Å². The van der Waals surface area contributed by atoms with Crippen molar-refractivity contribution in [3.8, 4) is 0 Å². The maximum absolute atomic E-state index is 4.53. The van der Waals surface area contributed by atoms with E-state index in [9.17, 15) is 0 Å². The first-order valence-electron chi connectivity index (χ1n) is 13.3. The molecule has 0 radical (unpaired) electrons. The van der Waals surface area contributed by atoms with E-state index in [0.717, 1.165) is 67.2 Å².